The zero-order chi connectivity index (χ0) is 15.0. The highest BCUT2D eigenvalue weighted by atomic mass is 16.6. The average Bonchev–Trinajstić information content (AvgIpc) is 2.41. The second-order valence-electron chi connectivity index (χ2n) is 4.37. The maximum absolute atomic E-state index is 11.7. The van der Waals surface area contributed by atoms with E-state index in [0.29, 0.717) is 13.0 Å². The molecule has 0 N–H and O–H groups in total. The molecule has 0 aliphatic carbocycles. The molecule has 1 rings (SSSR count). The molecule has 1 fully saturated rings. The summed E-state index contributed by atoms with van der Waals surface area (Å²) in [4.78, 5) is 36.6. The Hall–Kier alpha value is -1.85. The number of amides is 1. The van der Waals surface area contributed by atoms with E-state index in [1.54, 1.807) is 13.8 Å². The van der Waals surface area contributed by atoms with E-state index in [0.717, 1.165) is 12.8 Å². The number of hydrogen-bond acceptors (Lipinski definition) is 5. The van der Waals surface area contributed by atoms with Gasteiger partial charge in [-0.3, -0.25) is 14.4 Å². The van der Waals surface area contributed by atoms with Crippen LogP contribution in [0.5, 0.6) is 0 Å². The highest BCUT2D eigenvalue weighted by Gasteiger charge is 2.27. The van der Waals surface area contributed by atoms with Crippen molar-refractivity contribution in [1.82, 2.24) is 4.90 Å². The van der Waals surface area contributed by atoms with E-state index in [1.807, 2.05) is 0 Å². The highest BCUT2D eigenvalue weighted by molar-refractivity contribution is 5.97. The van der Waals surface area contributed by atoms with Gasteiger partial charge in [0.05, 0.1) is 13.2 Å². The summed E-state index contributed by atoms with van der Waals surface area (Å²) in [5, 5.41) is 0. The van der Waals surface area contributed by atoms with Crippen molar-refractivity contribution in [2.45, 2.75) is 33.1 Å². The number of carbonyl (C=O) groups is 3. The van der Waals surface area contributed by atoms with E-state index in [9.17, 15) is 14.4 Å². The molecule has 0 atom stereocenters. The lowest BCUT2D eigenvalue weighted by molar-refractivity contribution is -0.159. The van der Waals surface area contributed by atoms with Crippen LogP contribution in [0.4, 0.5) is 0 Å². The number of carbonyl (C=O) groups excluding carboxylic acids is 3. The number of nitrogens with zero attached hydrogens (tertiary/aromatic N) is 1. The molecule has 0 aromatic carbocycles. The van der Waals surface area contributed by atoms with E-state index in [1.165, 1.54) is 17.2 Å². The van der Waals surface area contributed by atoms with Crippen LogP contribution in [0.3, 0.4) is 0 Å². The fourth-order valence-electron chi connectivity index (χ4n) is 1.89. The Bertz CT molecular complexity index is 373. The number of likely N-dealkylation sites (tertiary alicyclic amines) is 1. The van der Waals surface area contributed by atoms with Crippen molar-refractivity contribution < 1.29 is 23.9 Å². The van der Waals surface area contributed by atoms with E-state index < -0.39 is 17.9 Å². The lowest BCUT2D eigenvalue weighted by Crippen LogP contribution is -2.32. The number of piperidine rings is 1. The molecule has 0 saturated carbocycles. The second-order valence-corrected chi connectivity index (χ2v) is 4.37. The van der Waals surface area contributed by atoms with Gasteiger partial charge >= 0.3 is 11.9 Å². The van der Waals surface area contributed by atoms with Gasteiger partial charge in [0.25, 0.3) is 0 Å². The fourth-order valence-corrected chi connectivity index (χ4v) is 1.89. The Kier molecular flexibility index (Phi) is 6.76. The fraction of sp³-hybridized carbons (Fsp3) is 0.643. The van der Waals surface area contributed by atoms with Gasteiger partial charge in [0.15, 0.2) is 5.92 Å². The van der Waals surface area contributed by atoms with Gasteiger partial charge in [-0.1, -0.05) is 0 Å². The van der Waals surface area contributed by atoms with E-state index in [4.69, 9.17) is 9.47 Å². The third-order valence-corrected chi connectivity index (χ3v) is 2.90. The molecule has 1 saturated heterocycles. The Labute approximate surface area is 118 Å². The topological polar surface area (TPSA) is 72.9 Å². The van der Waals surface area contributed by atoms with Crippen molar-refractivity contribution >= 4 is 17.8 Å². The van der Waals surface area contributed by atoms with Crippen LogP contribution < -0.4 is 0 Å². The summed E-state index contributed by atoms with van der Waals surface area (Å²) in [5.41, 5.74) is 0. The first-order valence-electron chi connectivity index (χ1n) is 6.91. The molecular formula is C14H21NO5. The maximum atomic E-state index is 11.7. The van der Waals surface area contributed by atoms with Crippen molar-refractivity contribution in [2.24, 2.45) is 5.92 Å². The molecule has 0 bridgehead atoms. The van der Waals surface area contributed by atoms with Crippen molar-refractivity contribution in [3.05, 3.63) is 12.3 Å². The quantitative estimate of drug-likeness (QED) is 0.542. The monoisotopic (exact) mass is 283 g/mol. The maximum Gasteiger partial charge on any atom is 0.324 e. The lowest BCUT2D eigenvalue weighted by Gasteiger charge is -2.23. The molecule has 0 aromatic rings. The third-order valence-electron chi connectivity index (χ3n) is 2.90. The minimum Gasteiger partial charge on any atom is -0.465 e. The molecule has 6 heteroatoms. The van der Waals surface area contributed by atoms with Crippen molar-refractivity contribution in [2.75, 3.05) is 19.8 Å². The van der Waals surface area contributed by atoms with Crippen LogP contribution >= 0.6 is 0 Å². The van der Waals surface area contributed by atoms with Gasteiger partial charge in [-0.2, -0.15) is 0 Å². The summed E-state index contributed by atoms with van der Waals surface area (Å²) in [5.74, 6) is -2.44. The van der Waals surface area contributed by atoms with Crippen LogP contribution in [0, 0.1) is 5.92 Å². The zero-order valence-electron chi connectivity index (χ0n) is 12.0. The summed E-state index contributed by atoms with van der Waals surface area (Å²) in [7, 11) is 0. The number of rotatable bonds is 6. The summed E-state index contributed by atoms with van der Waals surface area (Å²) >= 11 is 0. The van der Waals surface area contributed by atoms with Gasteiger partial charge in [-0.25, -0.2) is 0 Å². The van der Waals surface area contributed by atoms with Crippen LogP contribution in [0.15, 0.2) is 12.3 Å². The molecule has 1 heterocycles. The molecule has 0 unspecified atom stereocenters. The van der Waals surface area contributed by atoms with Crippen molar-refractivity contribution in [3.8, 4) is 0 Å². The highest BCUT2D eigenvalue weighted by Crippen LogP contribution is 2.13. The van der Waals surface area contributed by atoms with Crippen LogP contribution in [0.25, 0.3) is 0 Å². The first-order valence-corrected chi connectivity index (χ1v) is 6.91. The third kappa shape index (κ3) is 4.68. The van der Waals surface area contributed by atoms with Gasteiger partial charge in [-0.15, -0.1) is 0 Å². The molecule has 6 nitrogen and oxygen atoms in total. The Morgan fingerprint density at radius 1 is 1.20 bits per heavy atom. The normalized spacial score (nSPS) is 15.8. The molecular weight excluding hydrogens is 262 g/mol. The predicted molar refractivity (Wildman–Crippen MR) is 71.5 cm³/mol. The molecule has 112 valence electrons. The van der Waals surface area contributed by atoms with Crippen molar-refractivity contribution in [1.29, 1.82) is 0 Å². The lowest BCUT2D eigenvalue weighted by atomic mass is 10.1. The van der Waals surface area contributed by atoms with Gasteiger partial charge in [-0.05, 0) is 32.8 Å². The largest absolute Gasteiger partial charge is 0.465 e. The molecule has 1 aliphatic heterocycles. The van der Waals surface area contributed by atoms with Crippen LogP contribution in [0.1, 0.15) is 33.1 Å². The van der Waals surface area contributed by atoms with Crippen LogP contribution in [0.2, 0.25) is 0 Å². The van der Waals surface area contributed by atoms with Gasteiger partial charge in [0, 0.05) is 19.2 Å². The molecule has 20 heavy (non-hydrogen) atoms. The van der Waals surface area contributed by atoms with E-state index >= 15 is 0 Å². The first kappa shape index (κ1) is 16.2. The van der Waals surface area contributed by atoms with Crippen LogP contribution in [-0.4, -0.2) is 42.5 Å². The Morgan fingerprint density at radius 3 is 2.30 bits per heavy atom. The average molecular weight is 283 g/mol. The van der Waals surface area contributed by atoms with Gasteiger partial charge in [0.2, 0.25) is 5.91 Å². The van der Waals surface area contributed by atoms with Crippen molar-refractivity contribution in [3.63, 3.8) is 0 Å². The first-order chi connectivity index (χ1) is 9.60. The minimum atomic E-state index is -1.12. The van der Waals surface area contributed by atoms with Gasteiger partial charge in [0.1, 0.15) is 0 Å². The molecule has 0 spiro atoms. The number of esters is 2. The smallest absolute Gasteiger partial charge is 0.324 e. The predicted octanol–water partition coefficient (Wildman–Crippen LogP) is 1.26. The Morgan fingerprint density at radius 2 is 1.80 bits per heavy atom. The van der Waals surface area contributed by atoms with Crippen LogP contribution in [-0.2, 0) is 23.9 Å². The van der Waals surface area contributed by atoms with E-state index in [-0.39, 0.29) is 19.1 Å². The molecule has 1 amide bonds. The van der Waals surface area contributed by atoms with Gasteiger partial charge < -0.3 is 14.4 Å². The molecule has 1 aliphatic rings. The summed E-state index contributed by atoms with van der Waals surface area (Å²) in [6, 6.07) is 0. The SMILES string of the molecule is CCOC(=O)C(/C=C/N1CCCCC1=O)C(=O)OCC. The summed E-state index contributed by atoms with van der Waals surface area (Å²) < 4.78 is 9.69. The summed E-state index contributed by atoms with van der Waals surface area (Å²) in [6.45, 7) is 4.31. The zero-order valence-corrected chi connectivity index (χ0v) is 12.0. The van der Waals surface area contributed by atoms with E-state index in [2.05, 4.69) is 0 Å². The Balaban J connectivity index is 2.74. The minimum absolute atomic E-state index is 0.000956. The standard InChI is InChI=1S/C14H21NO5/c1-3-19-13(17)11(14(18)20-4-2)8-10-15-9-6-5-7-12(15)16/h8,10-11H,3-7,9H2,1-2H3/b10-8+. The second kappa shape index (κ2) is 8.35. The molecule has 0 aromatic heterocycles. The summed E-state index contributed by atoms with van der Waals surface area (Å²) in [6.07, 6.45) is 5.15. The number of ether oxygens (including phenoxy) is 2. The number of hydrogen-bond donors (Lipinski definition) is 0. The molecule has 0 radical (unpaired) electrons.